The van der Waals surface area contributed by atoms with Crippen LogP contribution in [0.2, 0.25) is 0 Å². The molecule has 118 valence electrons. The highest BCUT2D eigenvalue weighted by atomic mass is 16.5. The third-order valence-corrected chi connectivity index (χ3v) is 3.96. The van der Waals surface area contributed by atoms with Crippen molar-refractivity contribution in [3.8, 4) is 11.5 Å². The third-order valence-electron chi connectivity index (χ3n) is 3.96. The molecule has 2 rings (SSSR count). The maximum absolute atomic E-state index is 5.95. The summed E-state index contributed by atoms with van der Waals surface area (Å²) < 4.78 is 11.3. The van der Waals surface area contributed by atoms with Gasteiger partial charge in [0.25, 0.3) is 0 Å². The Hall–Kier alpha value is -2.00. The average Bonchev–Trinajstić information content (AvgIpc) is 2.53. The summed E-state index contributed by atoms with van der Waals surface area (Å²) in [5.41, 5.74) is 9.70. The zero-order chi connectivity index (χ0) is 15.9. The molecule has 0 heterocycles. The minimum absolute atomic E-state index is 0.317. The SMILES string of the molecule is COc1cc(C)ccc1OCCC(CN)c1ccccc1C. The lowest BCUT2D eigenvalue weighted by Gasteiger charge is -2.18. The number of benzene rings is 2. The van der Waals surface area contributed by atoms with E-state index in [0.29, 0.717) is 19.1 Å². The quantitative estimate of drug-likeness (QED) is 0.845. The van der Waals surface area contributed by atoms with E-state index < -0.39 is 0 Å². The molecule has 22 heavy (non-hydrogen) atoms. The summed E-state index contributed by atoms with van der Waals surface area (Å²) in [7, 11) is 1.66. The number of hydrogen-bond acceptors (Lipinski definition) is 3. The van der Waals surface area contributed by atoms with Gasteiger partial charge in [0.2, 0.25) is 0 Å². The van der Waals surface area contributed by atoms with Crippen molar-refractivity contribution in [3.05, 3.63) is 59.2 Å². The Morgan fingerprint density at radius 3 is 2.50 bits per heavy atom. The Labute approximate surface area is 133 Å². The average molecular weight is 299 g/mol. The molecule has 0 aliphatic carbocycles. The lowest BCUT2D eigenvalue weighted by atomic mass is 9.92. The van der Waals surface area contributed by atoms with Crippen LogP contribution in [0.5, 0.6) is 11.5 Å². The highest BCUT2D eigenvalue weighted by molar-refractivity contribution is 5.42. The van der Waals surface area contributed by atoms with Gasteiger partial charge in [-0.2, -0.15) is 0 Å². The molecule has 0 fully saturated rings. The fourth-order valence-corrected chi connectivity index (χ4v) is 2.65. The van der Waals surface area contributed by atoms with Crippen LogP contribution in [0.1, 0.15) is 29.0 Å². The minimum Gasteiger partial charge on any atom is -0.493 e. The van der Waals surface area contributed by atoms with Crippen LogP contribution in [-0.2, 0) is 0 Å². The molecule has 0 radical (unpaired) electrons. The van der Waals surface area contributed by atoms with Crippen molar-refractivity contribution in [2.75, 3.05) is 20.3 Å². The van der Waals surface area contributed by atoms with E-state index in [1.54, 1.807) is 7.11 Å². The van der Waals surface area contributed by atoms with Gasteiger partial charge in [-0.3, -0.25) is 0 Å². The predicted octanol–water partition coefficient (Wildman–Crippen LogP) is 3.82. The van der Waals surface area contributed by atoms with Crippen molar-refractivity contribution in [2.45, 2.75) is 26.2 Å². The van der Waals surface area contributed by atoms with Gasteiger partial charge in [-0.15, -0.1) is 0 Å². The van der Waals surface area contributed by atoms with E-state index in [2.05, 4.69) is 31.2 Å². The molecule has 0 aromatic heterocycles. The lowest BCUT2D eigenvalue weighted by Crippen LogP contribution is -2.16. The number of ether oxygens (including phenoxy) is 2. The van der Waals surface area contributed by atoms with Crippen LogP contribution < -0.4 is 15.2 Å². The number of nitrogens with two attached hydrogens (primary N) is 1. The van der Waals surface area contributed by atoms with Crippen LogP contribution in [-0.4, -0.2) is 20.3 Å². The van der Waals surface area contributed by atoms with Crippen molar-refractivity contribution in [2.24, 2.45) is 5.73 Å². The Balaban J connectivity index is 1.99. The van der Waals surface area contributed by atoms with Gasteiger partial charge in [0.15, 0.2) is 11.5 Å². The molecule has 2 aromatic carbocycles. The molecule has 0 aliphatic rings. The minimum atomic E-state index is 0.317. The van der Waals surface area contributed by atoms with Gasteiger partial charge >= 0.3 is 0 Å². The van der Waals surface area contributed by atoms with Gasteiger partial charge < -0.3 is 15.2 Å². The largest absolute Gasteiger partial charge is 0.493 e. The molecule has 0 amide bonds. The van der Waals surface area contributed by atoms with Gasteiger partial charge in [0.1, 0.15) is 0 Å². The maximum atomic E-state index is 5.95. The summed E-state index contributed by atoms with van der Waals surface area (Å²) in [6, 6.07) is 14.4. The van der Waals surface area contributed by atoms with Crippen molar-refractivity contribution < 1.29 is 9.47 Å². The van der Waals surface area contributed by atoms with Gasteiger partial charge in [-0.05, 0) is 61.6 Å². The van der Waals surface area contributed by atoms with Crippen LogP contribution in [0.25, 0.3) is 0 Å². The normalized spacial score (nSPS) is 12.0. The molecule has 0 bridgehead atoms. The summed E-state index contributed by atoms with van der Waals surface area (Å²) in [4.78, 5) is 0. The molecule has 2 N–H and O–H groups in total. The topological polar surface area (TPSA) is 44.5 Å². The Morgan fingerprint density at radius 2 is 1.82 bits per heavy atom. The van der Waals surface area contributed by atoms with E-state index >= 15 is 0 Å². The first-order valence-electron chi connectivity index (χ1n) is 7.68. The van der Waals surface area contributed by atoms with Crippen molar-refractivity contribution >= 4 is 0 Å². The van der Waals surface area contributed by atoms with Gasteiger partial charge in [0.05, 0.1) is 13.7 Å². The van der Waals surface area contributed by atoms with Crippen LogP contribution in [0.15, 0.2) is 42.5 Å². The molecule has 0 spiro atoms. The standard InChI is InChI=1S/C19H25NO2/c1-14-8-9-18(19(12-14)21-3)22-11-10-16(13-20)17-7-5-4-6-15(17)2/h4-9,12,16H,10-11,13,20H2,1-3H3. The first-order chi connectivity index (χ1) is 10.7. The second-order valence-corrected chi connectivity index (χ2v) is 5.58. The van der Waals surface area contributed by atoms with Crippen molar-refractivity contribution in [3.63, 3.8) is 0 Å². The Bertz CT molecular complexity index is 610. The van der Waals surface area contributed by atoms with Crippen molar-refractivity contribution in [1.29, 1.82) is 0 Å². The summed E-state index contributed by atoms with van der Waals surface area (Å²) in [5, 5.41) is 0. The smallest absolute Gasteiger partial charge is 0.161 e. The van der Waals surface area contributed by atoms with E-state index in [-0.39, 0.29) is 0 Å². The molecule has 2 aromatic rings. The fourth-order valence-electron chi connectivity index (χ4n) is 2.65. The van der Waals surface area contributed by atoms with Crippen LogP contribution in [0.4, 0.5) is 0 Å². The number of aryl methyl sites for hydroxylation is 2. The molecule has 0 saturated heterocycles. The summed E-state index contributed by atoms with van der Waals surface area (Å²) >= 11 is 0. The molecule has 0 saturated carbocycles. The first kappa shape index (κ1) is 16.4. The monoisotopic (exact) mass is 299 g/mol. The number of methoxy groups -OCH3 is 1. The number of rotatable bonds is 7. The highest BCUT2D eigenvalue weighted by Crippen LogP contribution is 2.29. The van der Waals surface area contributed by atoms with E-state index in [1.165, 1.54) is 11.1 Å². The second kappa shape index (κ2) is 7.85. The Kier molecular flexibility index (Phi) is 5.84. The molecule has 3 heteroatoms. The van der Waals surface area contributed by atoms with Crippen LogP contribution in [0, 0.1) is 13.8 Å². The van der Waals surface area contributed by atoms with E-state index in [9.17, 15) is 0 Å². The molecule has 1 unspecified atom stereocenters. The maximum Gasteiger partial charge on any atom is 0.161 e. The number of hydrogen-bond donors (Lipinski definition) is 1. The van der Waals surface area contributed by atoms with E-state index in [4.69, 9.17) is 15.2 Å². The predicted molar refractivity (Wildman–Crippen MR) is 90.8 cm³/mol. The summed E-state index contributed by atoms with van der Waals surface area (Å²) in [6.45, 7) is 5.41. The fraction of sp³-hybridized carbons (Fsp3) is 0.368. The zero-order valence-corrected chi connectivity index (χ0v) is 13.6. The summed E-state index contributed by atoms with van der Waals surface area (Å²) in [5.74, 6) is 1.88. The zero-order valence-electron chi connectivity index (χ0n) is 13.6. The molecular formula is C19H25NO2. The van der Waals surface area contributed by atoms with Gasteiger partial charge in [0, 0.05) is 0 Å². The second-order valence-electron chi connectivity index (χ2n) is 5.58. The first-order valence-corrected chi connectivity index (χ1v) is 7.68. The Morgan fingerprint density at radius 1 is 1.05 bits per heavy atom. The molecule has 3 nitrogen and oxygen atoms in total. The molecule has 0 aliphatic heterocycles. The van der Waals surface area contributed by atoms with Crippen LogP contribution in [0.3, 0.4) is 0 Å². The molecule has 1 atom stereocenters. The van der Waals surface area contributed by atoms with Gasteiger partial charge in [-0.1, -0.05) is 30.3 Å². The lowest BCUT2D eigenvalue weighted by molar-refractivity contribution is 0.280. The van der Waals surface area contributed by atoms with Gasteiger partial charge in [-0.25, -0.2) is 0 Å². The summed E-state index contributed by atoms with van der Waals surface area (Å²) in [6.07, 6.45) is 0.887. The highest BCUT2D eigenvalue weighted by Gasteiger charge is 2.13. The van der Waals surface area contributed by atoms with Crippen LogP contribution >= 0.6 is 0 Å². The van der Waals surface area contributed by atoms with Crippen molar-refractivity contribution in [1.82, 2.24) is 0 Å². The van der Waals surface area contributed by atoms with E-state index in [1.807, 2.05) is 25.1 Å². The molecular weight excluding hydrogens is 274 g/mol. The van der Waals surface area contributed by atoms with E-state index in [0.717, 1.165) is 23.5 Å². The third kappa shape index (κ3) is 4.01.